The molecule has 0 aromatic heterocycles. The lowest BCUT2D eigenvalue weighted by Gasteiger charge is -2.20. The minimum atomic E-state index is -4.37. The van der Waals surface area contributed by atoms with Gasteiger partial charge in [0.2, 0.25) is 0 Å². The first kappa shape index (κ1) is 16.1. The monoisotopic (exact) mass is 295 g/mol. The normalized spacial score (nSPS) is 12.6. The van der Waals surface area contributed by atoms with Crippen molar-refractivity contribution < 1.29 is 17.9 Å². The quantitative estimate of drug-likeness (QED) is 0.900. The van der Waals surface area contributed by atoms with E-state index in [4.69, 9.17) is 11.6 Å². The van der Waals surface area contributed by atoms with E-state index < -0.39 is 12.8 Å². The summed E-state index contributed by atoms with van der Waals surface area (Å²) in [6, 6.07) is 4.75. The molecule has 19 heavy (non-hydrogen) atoms. The molecule has 1 aromatic rings. The standard InChI is InChI=1S/C13H17ClF3NO/c1-12(2,3)18-7-9-4-5-11(10(14)6-9)19-8-13(15,16)17/h4-6,18H,7-8H2,1-3H3. The third-order valence-corrected chi connectivity index (χ3v) is 2.51. The Labute approximate surface area is 115 Å². The molecule has 0 saturated carbocycles. The third-order valence-electron chi connectivity index (χ3n) is 2.21. The average molecular weight is 296 g/mol. The summed E-state index contributed by atoms with van der Waals surface area (Å²) >= 11 is 5.89. The molecule has 6 heteroatoms. The Morgan fingerprint density at radius 3 is 2.32 bits per heavy atom. The number of ether oxygens (including phenoxy) is 1. The largest absolute Gasteiger partial charge is 0.483 e. The summed E-state index contributed by atoms with van der Waals surface area (Å²) in [5, 5.41) is 3.44. The minimum Gasteiger partial charge on any atom is -0.483 e. The van der Waals surface area contributed by atoms with Crippen LogP contribution in [0.2, 0.25) is 5.02 Å². The number of rotatable bonds is 4. The highest BCUT2D eigenvalue weighted by Gasteiger charge is 2.28. The van der Waals surface area contributed by atoms with E-state index in [0.29, 0.717) is 6.54 Å². The second-order valence-electron chi connectivity index (χ2n) is 5.27. The maximum absolute atomic E-state index is 12.0. The smallest absolute Gasteiger partial charge is 0.422 e. The lowest BCUT2D eigenvalue weighted by Crippen LogP contribution is -2.35. The third kappa shape index (κ3) is 6.68. The molecule has 0 heterocycles. The Morgan fingerprint density at radius 2 is 1.84 bits per heavy atom. The lowest BCUT2D eigenvalue weighted by atomic mass is 10.1. The number of benzene rings is 1. The molecule has 0 saturated heterocycles. The van der Waals surface area contributed by atoms with Crippen LogP contribution in [0.5, 0.6) is 5.75 Å². The van der Waals surface area contributed by atoms with Crippen molar-refractivity contribution in [3.05, 3.63) is 28.8 Å². The van der Waals surface area contributed by atoms with Crippen molar-refractivity contribution in [3.63, 3.8) is 0 Å². The van der Waals surface area contributed by atoms with Gasteiger partial charge < -0.3 is 10.1 Å². The van der Waals surface area contributed by atoms with E-state index in [1.807, 2.05) is 20.8 Å². The van der Waals surface area contributed by atoms with Gasteiger partial charge >= 0.3 is 6.18 Å². The van der Waals surface area contributed by atoms with Crippen molar-refractivity contribution in [1.82, 2.24) is 5.32 Å². The first-order valence-electron chi connectivity index (χ1n) is 5.80. The topological polar surface area (TPSA) is 21.3 Å². The van der Waals surface area contributed by atoms with Gasteiger partial charge in [-0.05, 0) is 38.5 Å². The van der Waals surface area contributed by atoms with Crippen LogP contribution in [-0.4, -0.2) is 18.3 Å². The predicted octanol–water partition coefficient (Wildman–Crippen LogP) is 4.17. The molecule has 0 atom stereocenters. The molecular formula is C13H17ClF3NO. The fraction of sp³-hybridized carbons (Fsp3) is 0.538. The van der Waals surface area contributed by atoms with Crippen molar-refractivity contribution in [2.75, 3.05) is 6.61 Å². The summed E-state index contributed by atoms with van der Waals surface area (Å²) in [6.45, 7) is 5.31. The van der Waals surface area contributed by atoms with Crippen LogP contribution < -0.4 is 10.1 Å². The van der Waals surface area contributed by atoms with Crippen LogP contribution in [0.3, 0.4) is 0 Å². The summed E-state index contributed by atoms with van der Waals surface area (Å²) < 4.78 is 40.7. The number of hydrogen-bond donors (Lipinski definition) is 1. The zero-order chi connectivity index (χ0) is 14.7. The molecule has 1 aromatic carbocycles. The number of alkyl halides is 3. The van der Waals surface area contributed by atoms with E-state index in [0.717, 1.165) is 5.56 Å². The number of nitrogens with one attached hydrogen (secondary N) is 1. The minimum absolute atomic E-state index is 0.0403. The Kier molecular flexibility index (Phi) is 5.10. The van der Waals surface area contributed by atoms with E-state index in [2.05, 4.69) is 10.1 Å². The van der Waals surface area contributed by atoms with E-state index >= 15 is 0 Å². The Bertz CT molecular complexity index is 427. The summed E-state index contributed by atoms with van der Waals surface area (Å²) in [4.78, 5) is 0. The van der Waals surface area contributed by atoms with Gasteiger partial charge in [-0.1, -0.05) is 17.7 Å². The summed E-state index contributed by atoms with van der Waals surface area (Å²) in [5.41, 5.74) is 0.845. The highest BCUT2D eigenvalue weighted by atomic mass is 35.5. The molecule has 1 N–H and O–H groups in total. The van der Waals surface area contributed by atoms with Crippen LogP contribution >= 0.6 is 11.6 Å². The molecule has 1 rings (SSSR count). The van der Waals surface area contributed by atoms with Gasteiger partial charge in [0.05, 0.1) is 5.02 Å². The van der Waals surface area contributed by atoms with Gasteiger partial charge in [-0.25, -0.2) is 0 Å². The fourth-order valence-electron chi connectivity index (χ4n) is 1.30. The zero-order valence-corrected chi connectivity index (χ0v) is 11.8. The molecule has 0 unspecified atom stereocenters. The highest BCUT2D eigenvalue weighted by molar-refractivity contribution is 6.32. The molecular weight excluding hydrogens is 279 g/mol. The van der Waals surface area contributed by atoms with Gasteiger partial charge in [-0.2, -0.15) is 13.2 Å². The zero-order valence-electron chi connectivity index (χ0n) is 11.1. The fourth-order valence-corrected chi connectivity index (χ4v) is 1.56. The van der Waals surface area contributed by atoms with E-state index in [-0.39, 0.29) is 16.3 Å². The first-order valence-corrected chi connectivity index (χ1v) is 6.18. The second-order valence-corrected chi connectivity index (χ2v) is 5.68. The Morgan fingerprint density at radius 1 is 1.21 bits per heavy atom. The maximum atomic E-state index is 12.0. The molecule has 0 aliphatic heterocycles. The molecule has 0 radical (unpaired) electrons. The van der Waals surface area contributed by atoms with Crippen molar-refractivity contribution in [2.45, 2.75) is 39.0 Å². The highest BCUT2D eigenvalue weighted by Crippen LogP contribution is 2.27. The van der Waals surface area contributed by atoms with Gasteiger partial charge in [-0.3, -0.25) is 0 Å². The lowest BCUT2D eigenvalue weighted by molar-refractivity contribution is -0.153. The second kappa shape index (κ2) is 6.01. The van der Waals surface area contributed by atoms with E-state index in [1.165, 1.54) is 6.07 Å². The van der Waals surface area contributed by atoms with Crippen molar-refractivity contribution in [2.24, 2.45) is 0 Å². The summed E-state index contributed by atoms with van der Waals surface area (Å²) in [6.07, 6.45) is -4.37. The van der Waals surface area contributed by atoms with Crippen LogP contribution in [0.1, 0.15) is 26.3 Å². The van der Waals surface area contributed by atoms with E-state index in [1.54, 1.807) is 12.1 Å². The Balaban J connectivity index is 2.64. The Hall–Kier alpha value is -0.940. The van der Waals surface area contributed by atoms with Crippen molar-refractivity contribution in [1.29, 1.82) is 0 Å². The summed E-state index contributed by atoms with van der Waals surface area (Å²) in [7, 11) is 0. The molecule has 0 bridgehead atoms. The summed E-state index contributed by atoms with van der Waals surface area (Å²) in [5.74, 6) is 0.0403. The van der Waals surface area contributed by atoms with Crippen molar-refractivity contribution >= 4 is 11.6 Å². The van der Waals surface area contributed by atoms with Gasteiger partial charge in [0.15, 0.2) is 6.61 Å². The van der Waals surface area contributed by atoms with Gasteiger partial charge in [0, 0.05) is 12.1 Å². The molecule has 108 valence electrons. The van der Waals surface area contributed by atoms with Crippen LogP contribution in [0, 0.1) is 0 Å². The predicted molar refractivity (Wildman–Crippen MR) is 69.6 cm³/mol. The van der Waals surface area contributed by atoms with Crippen LogP contribution in [0.15, 0.2) is 18.2 Å². The molecule has 0 aliphatic rings. The van der Waals surface area contributed by atoms with Gasteiger partial charge in [0.1, 0.15) is 5.75 Å². The molecule has 2 nitrogen and oxygen atoms in total. The SMILES string of the molecule is CC(C)(C)NCc1ccc(OCC(F)(F)F)c(Cl)c1. The van der Waals surface area contributed by atoms with Gasteiger partial charge in [0.25, 0.3) is 0 Å². The van der Waals surface area contributed by atoms with Crippen molar-refractivity contribution in [3.8, 4) is 5.75 Å². The maximum Gasteiger partial charge on any atom is 0.422 e. The van der Waals surface area contributed by atoms with Crippen LogP contribution in [0.25, 0.3) is 0 Å². The van der Waals surface area contributed by atoms with Crippen LogP contribution in [-0.2, 0) is 6.54 Å². The number of halogens is 4. The first-order chi connectivity index (χ1) is 8.57. The van der Waals surface area contributed by atoms with E-state index in [9.17, 15) is 13.2 Å². The molecule has 0 amide bonds. The van der Waals surface area contributed by atoms with Gasteiger partial charge in [-0.15, -0.1) is 0 Å². The number of hydrogen-bond acceptors (Lipinski definition) is 2. The van der Waals surface area contributed by atoms with Crippen LogP contribution in [0.4, 0.5) is 13.2 Å². The molecule has 0 spiro atoms. The molecule has 0 fully saturated rings. The molecule has 0 aliphatic carbocycles. The average Bonchev–Trinajstić information content (AvgIpc) is 2.22.